The molecule has 1 aromatic carbocycles. The Hall–Kier alpha value is -1.35. The summed E-state index contributed by atoms with van der Waals surface area (Å²) in [5.74, 6) is 0.907. The standard InChI is InChI=1S/C23H35NO2/c1-22(2)16-20(25)19(15-17-11-7-5-8-12-17)23(3,4)24(22)21(26)18-13-9-6-10-14-18/h6,9-10,13-14,17,19-20,25H,5,7-8,11-12,15-16H2,1-4H3. The minimum absolute atomic E-state index is 0.0844. The van der Waals surface area contributed by atoms with Crippen LogP contribution < -0.4 is 0 Å². The van der Waals surface area contributed by atoms with Crippen molar-refractivity contribution in [2.75, 3.05) is 0 Å². The average Bonchev–Trinajstić information content (AvgIpc) is 2.59. The lowest BCUT2D eigenvalue weighted by Crippen LogP contribution is -2.68. The fourth-order valence-electron chi connectivity index (χ4n) is 5.64. The molecule has 1 saturated carbocycles. The van der Waals surface area contributed by atoms with Gasteiger partial charge in [0, 0.05) is 22.6 Å². The molecule has 1 saturated heterocycles. The minimum atomic E-state index is -0.370. The van der Waals surface area contributed by atoms with Crippen LogP contribution in [0.3, 0.4) is 0 Å². The molecular formula is C23H35NO2. The van der Waals surface area contributed by atoms with Crippen LogP contribution in [-0.4, -0.2) is 33.1 Å². The Morgan fingerprint density at radius 1 is 1.08 bits per heavy atom. The largest absolute Gasteiger partial charge is 0.393 e. The number of aliphatic hydroxyl groups excluding tert-OH is 1. The quantitative estimate of drug-likeness (QED) is 0.823. The first-order valence-corrected chi connectivity index (χ1v) is 10.3. The second kappa shape index (κ2) is 7.34. The van der Waals surface area contributed by atoms with Gasteiger partial charge in [0.15, 0.2) is 0 Å². The molecule has 1 heterocycles. The fourth-order valence-corrected chi connectivity index (χ4v) is 5.64. The van der Waals surface area contributed by atoms with Gasteiger partial charge in [-0.25, -0.2) is 0 Å². The van der Waals surface area contributed by atoms with Crippen LogP contribution in [0.5, 0.6) is 0 Å². The van der Waals surface area contributed by atoms with Gasteiger partial charge < -0.3 is 10.0 Å². The van der Waals surface area contributed by atoms with Gasteiger partial charge in [0.2, 0.25) is 0 Å². The second-order valence-corrected chi connectivity index (χ2v) is 9.59. The first-order chi connectivity index (χ1) is 12.2. The third kappa shape index (κ3) is 3.69. The molecule has 3 rings (SSSR count). The average molecular weight is 358 g/mol. The maximum absolute atomic E-state index is 13.4. The summed E-state index contributed by atoms with van der Waals surface area (Å²) in [7, 11) is 0. The smallest absolute Gasteiger partial charge is 0.254 e. The molecule has 1 N–H and O–H groups in total. The molecule has 2 aliphatic rings. The van der Waals surface area contributed by atoms with Crippen LogP contribution in [0.2, 0.25) is 0 Å². The highest BCUT2D eigenvalue weighted by Gasteiger charge is 2.53. The van der Waals surface area contributed by atoms with Gasteiger partial charge in [-0.3, -0.25) is 4.79 Å². The van der Waals surface area contributed by atoms with Crippen molar-refractivity contribution in [3.05, 3.63) is 35.9 Å². The Balaban J connectivity index is 1.89. The Bertz CT molecular complexity index is 616. The van der Waals surface area contributed by atoms with E-state index in [2.05, 4.69) is 32.6 Å². The number of benzene rings is 1. The first-order valence-electron chi connectivity index (χ1n) is 10.3. The number of piperidine rings is 1. The highest BCUT2D eigenvalue weighted by Crippen LogP contribution is 2.46. The summed E-state index contributed by atoms with van der Waals surface area (Å²) in [4.78, 5) is 15.5. The Kier molecular flexibility index (Phi) is 5.48. The van der Waals surface area contributed by atoms with Crippen molar-refractivity contribution in [1.82, 2.24) is 4.90 Å². The van der Waals surface area contributed by atoms with Crippen LogP contribution in [-0.2, 0) is 0 Å². The van der Waals surface area contributed by atoms with E-state index in [1.54, 1.807) is 0 Å². The molecule has 2 fully saturated rings. The normalized spacial score (nSPS) is 28.7. The van der Waals surface area contributed by atoms with E-state index in [4.69, 9.17) is 0 Å². The van der Waals surface area contributed by atoms with Crippen molar-refractivity contribution in [1.29, 1.82) is 0 Å². The summed E-state index contributed by atoms with van der Waals surface area (Å²) >= 11 is 0. The summed E-state index contributed by atoms with van der Waals surface area (Å²) in [5.41, 5.74) is 0.00576. The molecule has 26 heavy (non-hydrogen) atoms. The number of hydrogen-bond donors (Lipinski definition) is 1. The molecule has 0 bridgehead atoms. The summed E-state index contributed by atoms with van der Waals surface area (Å²) < 4.78 is 0. The molecule has 3 heteroatoms. The van der Waals surface area contributed by atoms with Crippen molar-refractivity contribution in [3.8, 4) is 0 Å². The number of carbonyl (C=O) groups excluding carboxylic acids is 1. The molecule has 0 aromatic heterocycles. The van der Waals surface area contributed by atoms with Gasteiger partial charge >= 0.3 is 0 Å². The predicted octanol–water partition coefficient (Wildman–Crippen LogP) is 5.04. The number of amides is 1. The molecule has 1 aromatic rings. The highest BCUT2D eigenvalue weighted by atomic mass is 16.3. The lowest BCUT2D eigenvalue weighted by molar-refractivity contribution is -0.110. The molecule has 0 radical (unpaired) electrons. The van der Waals surface area contributed by atoms with Crippen LogP contribution in [0.1, 0.15) is 83.0 Å². The fraction of sp³-hybridized carbons (Fsp3) is 0.696. The van der Waals surface area contributed by atoms with Crippen LogP contribution in [0, 0.1) is 11.8 Å². The Labute approximate surface area is 158 Å². The molecule has 1 aliphatic carbocycles. The minimum Gasteiger partial charge on any atom is -0.393 e. The third-order valence-corrected chi connectivity index (χ3v) is 6.80. The monoisotopic (exact) mass is 357 g/mol. The first kappa shape index (κ1) is 19.4. The van der Waals surface area contributed by atoms with E-state index in [0.717, 1.165) is 12.0 Å². The molecule has 3 nitrogen and oxygen atoms in total. The van der Waals surface area contributed by atoms with E-state index in [0.29, 0.717) is 12.3 Å². The van der Waals surface area contributed by atoms with E-state index in [1.807, 2.05) is 30.3 Å². The van der Waals surface area contributed by atoms with E-state index >= 15 is 0 Å². The SMILES string of the molecule is CC1(C)CC(O)C(CC2CCCCC2)C(C)(C)N1C(=O)c1ccccc1. The number of rotatable bonds is 3. The Morgan fingerprint density at radius 3 is 2.31 bits per heavy atom. The zero-order valence-corrected chi connectivity index (χ0v) is 16.9. The lowest BCUT2D eigenvalue weighted by atomic mass is 9.66. The van der Waals surface area contributed by atoms with E-state index in [-0.39, 0.29) is 29.0 Å². The van der Waals surface area contributed by atoms with Crippen LogP contribution in [0.4, 0.5) is 0 Å². The number of hydrogen-bond acceptors (Lipinski definition) is 2. The maximum atomic E-state index is 13.4. The summed E-state index contributed by atoms with van der Waals surface area (Å²) in [6, 6.07) is 9.58. The molecule has 1 aliphatic heterocycles. The van der Waals surface area contributed by atoms with Crippen molar-refractivity contribution in [2.45, 2.75) is 89.8 Å². The number of likely N-dealkylation sites (tertiary alicyclic amines) is 1. The van der Waals surface area contributed by atoms with Gasteiger partial charge in [0.1, 0.15) is 0 Å². The zero-order valence-electron chi connectivity index (χ0n) is 16.9. The molecule has 1 amide bonds. The van der Waals surface area contributed by atoms with Gasteiger partial charge in [-0.1, -0.05) is 50.3 Å². The van der Waals surface area contributed by atoms with Crippen LogP contribution in [0.15, 0.2) is 30.3 Å². The van der Waals surface area contributed by atoms with Crippen molar-refractivity contribution in [2.24, 2.45) is 11.8 Å². The van der Waals surface area contributed by atoms with Gasteiger partial charge in [-0.05, 0) is 58.6 Å². The van der Waals surface area contributed by atoms with Crippen LogP contribution >= 0.6 is 0 Å². The topological polar surface area (TPSA) is 40.5 Å². The Morgan fingerprint density at radius 2 is 1.69 bits per heavy atom. The molecular weight excluding hydrogens is 322 g/mol. The molecule has 144 valence electrons. The maximum Gasteiger partial charge on any atom is 0.254 e. The number of nitrogens with zero attached hydrogens (tertiary/aromatic N) is 1. The van der Waals surface area contributed by atoms with E-state index in [9.17, 15) is 9.90 Å². The van der Waals surface area contributed by atoms with Gasteiger partial charge in [-0.15, -0.1) is 0 Å². The van der Waals surface area contributed by atoms with Crippen LogP contribution in [0.25, 0.3) is 0 Å². The lowest BCUT2D eigenvalue weighted by Gasteiger charge is -2.59. The third-order valence-electron chi connectivity index (χ3n) is 6.80. The van der Waals surface area contributed by atoms with Gasteiger partial charge in [0.25, 0.3) is 5.91 Å². The number of aliphatic hydroxyl groups is 1. The summed E-state index contributed by atoms with van der Waals surface area (Å²) in [5, 5.41) is 11.0. The summed E-state index contributed by atoms with van der Waals surface area (Å²) in [6.45, 7) is 8.50. The van der Waals surface area contributed by atoms with Gasteiger partial charge in [0.05, 0.1) is 6.10 Å². The highest BCUT2D eigenvalue weighted by molar-refractivity contribution is 5.95. The second-order valence-electron chi connectivity index (χ2n) is 9.59. The molecule has 2 atom stereocenters. The van der Waals surface area contributed by atoms with Gasteiger partial charge in [-0.2, -0.15) is 0 Å². The summed E-state index contributed by atoms with van der Waals surface area (Å²) in [6.07, 6.45) is 7.85. The van der Waals surface area contributed by atoms with Crippen molar-refractivity contribution < 1.29 is 9.90 Å². The number of carbonyl (C=O) groups is 1. The predicted molar refractivity (Wildman–Crippen MR) is 106 cm³/mol. The van der Waals surface area contributed by atoms with Crippen molar-refractivity contribution in [3.63, 3.8) is 0 Å². The van der Waals surface area contributed by atoms with Crippen molar-refractivity contribution >= 4 is 5.91 Å². The molecule has 0 spiro atoms. The van der Waals surface area contributed by atoms with E-state index in [1.165, 1.54) is 32.1 Å². The molecule has 2 unspecified atom stereocenters. The zero-order chi connectivity index (χ0) is 18.9. The van der Waals surface area contributed by atoms with E-state index < -0.39 is 0 Å².